The highest BCUT2D eigenvalue weighted by molar-refractivity contribution is 5.93. The van der Waals surface area contributed by atoms with Crippen LogP contribution in [0.5, 0.6) is 5.75 Å². The van der Waals surface area contributed by atoms with Gasteiger partial charge in [-0.1, -0.05) is 31.5 Å². The Morgan fingerprint density at radius 3 is 2.57 bits per heavy atom. The van der Waals surface area contributed by atoms with Crippen molar-refractivity contribution in [3.05, 3.63) is 71.4 Å². The van der Waals surface area contributed by atoms with Gasteiger partial charge in [0.1, 0.15) is 11.4 Å². The molecule has 0 atom stereocenters. The number of carbonyl (C=O) groups excluding carboxylic acids is 1. The van der Waals surface area contributed by atoms with Crippen molar-refractivity contribution >= 4 is 5.91 Å². The Morgan fingerprint density at radius 2 is 1.87 bits per heavy atom. The molecule has 0 saturated heterocycles. The highest BCUT2D eigenvalue weighted by Gasteiger charge is 2.32. The van der Waals surface area contributed by atoms with Gasteiger partial charge in [0, 0.05) is 12.1 Å². The molecular formula is C22H22F3N3O2. The maximum absolute atomic E-state index is 13.1. The minimum absolute atomic E-state index is 0.00301. The van der Waals surface area contributed by atoms with E-state index in [1.165, 1.54) is 18.2 Å². The highest BCUT2D eigenvalue weighted by Crippen LogP contribution is 2.31. The summed E-state index contributed by atoms with van der Waals surface area (Å²) in [5.74, 6) is 0.217. The second-order valence-electron chi connectivity index (χ2n) is 6.73. The third kappa shape index (κ3) is 5.40. The number of benzene rings is 2. The van der Waals surface area contributed by atoms with Crippen LogP contribution < -0.4 is 10.1 Å². The summed E-state index contributed by atoms with van der Waals surface area (Å²) < 4.78 is 44.8. The zero-order valence-electron chi connectivity index (χ0n) is 16.4. The predicted molar refractivity (Wildman–Crippen MR) is 107 cm³/mol. The first kappa shape index (κ1) is 21.4. The minimum Gasteiger partial charge on any atom is -0.494 e. The number of hydrogen-bond donors (Lipinski definition) is 2. The quantitative estimate of drug-likeness (QED) is 0.495. The first-order valence-corrected chi connectivity index (χ1v) is 9.60. The van der Waals surface area contributed by atoms with E-state index in [9.17, 15) is 18.0 Å². The fourth-order valence-electron chi connectivity index (χ4n) is 2.86. The molecule has 0 unspecified atom stereocenters. The molecule has 2 aromatic carbocycles. The van der Waals surface area contributed by atoms with Gasteiger partial charge in [-0.15, -0.1) is 0 Å². The Morgan fingerprint density at radius 1 is 1.13 bits per heavy atom. The van der Waals surface area contributed by atoms with Crippen LogP contribution in [-0.2, 0) is 12.7 Å². The van der Waals surface area contributed by atoms with Crippen molar-refractivity contribution in [2.24, 2.45) is 0 Å². The maximum atomic E-state index is 13.1. The number of aromatic nitrogens is 2. The first-order valence-electron chi connectivity index (χ1n) is 9.60. The molecule has 0 aliphatic carbocycles. The predicted octanol–water partition coefficient (Wildman–Crippen LogP) is 5.20. The second kappa shape index (κ2) is 9.47. The fourth-order valence-corrected chi connectivity index (χ4v) is 2.86. The zero-order chi connectivity index (χ0) is 21.6. The van der Waals surface area contributed by atoms with E-state index in [1.54, 1.807) is 6.07 Å². The molecule has 30 heavy (non-hydrogen) atoms. The third-order valence-corrected chi connectivity index (χ3v) is 4.50. The molecule has 3 rings (SSSR count). The monoisotopic (exact) mass is 417 g/mol. The lowest BCUT2D eigenvalue weighted by atomic mass is 10.1. The molecule has 8 heteroatoms. The number of ether oxygens (including phenoxy) is 1. The summed E-state index contributed by atoms with van der Waals surface area (Å²) in [6.07, 6.45) is -2.44. The summed E-state index contributed by atoms with van der Waals surface area (Å²) in [6, 6.07) is 14.0. The molecule has 158 valence electrons. The van der Waals surface area contributed by atoms with Crippen LogP contribution in [0.25, 0.3) is 11.3 Å². The summed E-state index contributed by atoms with van der Waals surface area (Å²) in [4.78, 5) is 12.3. The van der Waals surface area contributed by atoms with Crippen LogP contribution in [0.4, 0.5) is 13.2 Å². The van der Waals surface area contributed by atoms with Crippen molar-refractivity contribution in [3.8, 4) is 17.0 Å². The summed E-state index contributed by atoms with van der Waals surface area (Å²) >= 11 is 0. The van der Waals surface area contributed by atoms with Crippen LogP contribution >= 0.6 is 0 Å². The van der Waals surface area contributed by atoms with Crippen molar-refractivity contribution in [2.45, 2.75) is 32.5 Å². The number of nitrogens with zero attached hydrogens (tertiary/aromatic N) is 1. The van der Waals surface area contributed by atoms with E-state index in [-0.39, 0.29) is 17.8 Å². The third-order valence-electron chi connectivity index (χ3n) is 4.50. The molecule has 1 aromatic heterocycles. The number of nitrogens with one attached hydrogen (secondary N) is 2. The van der Waals surface area contributed by atoms with E-state index in [4.69, 9.17) is 4.74 Å². The van der Waals surface area contributed by atoms with Crippen molar-refractivity contribution in [1.29, 1.82) is 0 Å². The number of rotatable bonds is 8. The second-order valence-corrected chi connectivity index (χ2v) is 6.73. The number of alkyl halides is 3. The van der Waals surface area contributed by atoms with Crippen LogP contribution in [0.1, 0.15) is 41.4 Å². The molecule has 0 bridgehead atoms. The van der Waals surface area contributed by atoms with Crippen LogP contribution in [0, 0.1) is 0 Å². The standard InChI is InChI=1S/C22H22F3N3O2/c1-2-3-12-30-17-10-8-15(9-11-17)19-13-20(28-27-19)21(29)26-14-16-6-4-5-7-18(16)22(23,24)25/h4-11,13H,2-3,12,14H2,1H3,(H,26,29)(H,27,28). The number of halogens is 3. The lowest BCUT2D eigenvalue weighted by molar-refractivity contribution is -0.138. The lowest BCUT2D eigenvalue weighted by Crippen LogP contribution is -2.24. The van der Waals surface area contributed by atoms with Crippen LogP contribution in [0.3, 0.4) is 0 Å². The van der Waals surface area contributed by atoms with Crippen LogP contribution in [0.15, 0.2) is 54.6 Å². The Balaban J connectivity index is 1.63. The maximum Gasteiger partial charge on any atom is 0.416 e. The van der Waals surface area contributed by atoms with Gasteiger partial charge in [-0.25, -0.2) is 0 Å². The van der Waals surface area contributed by atoms with Crippen molar-refractivity contribution in [3.63, 3.8) is 0 Å². The molecule has 0 aliphatic rings. The number of unbranched alkanes of at least 4 members (excludes halogenated alkanes) is 1. The molecule has 3 aromatic rings. The molecule has 1 heterocycles. The van der Waals surface area contributed by atoms with E-state index in [2.05, 4.69) is 22.4 Å². The summed E-state index contributed by atoms with van der Waals surface area (Å²) in [5, 5.41) is 9.24. The molecule has 5 nitrogen and oxygen atoms in total. The highest BCUT2D eigenvalue weighted by atomic mass is 19.4. The number of carbonyl (C=O) groups is 1. The number of hydrogen-bond acceptors (Lipinski definition) is 3. The van der Waals surface area contributed by atoms with Gasteiger partial charge >= 0.3 is 6.18 Å². The Hall–Kier alpha value is -3.29. The van der Waals surface area contributed by atoms with Gasteiger partial charge < -0.3 is 10.1 Å². The average Bonchev–Trinajstić information content (AvgIpc) is 3.23. The molecule has 1 amide bonds. The minimum atomic E-state index is -4.48. The van der Waals surface area contributed by atoms with Gasteiger partial charge in [-0.2, -0.15) is 18.3 Å². The van der Waals surface area contributed by atoms with Crippen molar-refractivity contribution < 1.29 is 22.7 Å². The van der Waals surface area contributed by atoms with Crippen LogP contribution in [0.2, 0.25) is 0 Å². The largest absolute Gasteiger partial charge is 0.494 e. The topological polar surface area (TPSA) is 67.0 Å². The Bertz CT molecular complexity index is 982. The van der Waals surface area contributed by atoms with E-state index in [0.29, 0.717) is 12.3 Å². The summed E-state index contributed by atoms with van der Waals surface area (Å²) in [5.41, 5.74) is 0.734. The Kier molecular flexibility index (Phi) is 6.76. The number of aromatic amines is 1. The van der Waals surface area contributed by atoms with Crippen molar-refractivity contribution in [2.75, 3.05) is 6.61 Å². The molecular weight excluding hydrogens is 395 g/mol. The zero-order valence-corrected chi connectivity index (χ0v) is 16.4. The molecule has 0 fully saturated rings. The average molecular weight is 417 g/mol. The van der Waals surface area contributed by atoms with Crippen molar-refractivity contribution in [1.82, 2.24) is 15.5 Å². The summed E-state index contributed by atoms with van der Waals surface area (Å²) in [7, 11) is 0. The molecule has 0 spiro atoms. The van der Waals surface area contributed by atoms with E-state index in [1.807, 2.05) is 24.3 Å². The molecule has 0 saturated carbocycles. The van der Waals surface area contributed by atoms with Crippen LogP contribution in [-0.4, -0.2) is 22.7 Å². The first-order chi connectivity index (χ1) is 14.4. The van der Waals surface area contributed by atoms with Gasteiger partial charge in [-0.05, 0) is 48.4 Å². The number of H-pyrrole nitrogens is 1. The van der Waals surface area contributed by atoms with Gasteiger partial charge in [-0.3, -0.25) is 9.89 Å². The normalized spacial score (nSPS) is 11.3. The smallest absolute Gasteiger partial charge is 0.416 e. The van der Waals surface area contributed by atoms with E-state index >= 15 is 0 Å². The van der Waals surface area contributed by atoms with Gasteiger partial charge in [0.15, 0.2) is 0 Å². The molecule has 0 aliphatic heterocycles. The summed E-state index contributed by atoms with van der Waals surface area (Å²) in [6.45, 7) is 2.50. The van der Waals surface area contributed by atoms with Gasteiger partial charge in [0.2, 0.25) is 0 Å². The van der Waals surface area contributed by atoms with Gasteiger partial charge in [0.05, 0.1) is 17.9 Å². The lowest BCUT2D eigenvalue weighted by Gasteiger charge is -2.12. The Labute approximate surface area is 172 Å². The van der Waals surface area contributed by atoms with E-state index in [0.717, 1.165) is 30.2 Å². The molecule has 0 radical (unpaired) electrons. The number of amides is 1. The molecule has 2 N–H and O–H groups in total. The SMILES string of the molecule is CCCCOc1ccc(-c2cc(C(=O)NCc3ccccc3C(F)(F)F)[nH]n2)cc1. The van der Waals surface area contributed by atoms with E-state index < -0.39 is 17.6 Å². The fraction of sp³-hybridized carbons (Fsp3) is 0.273. The van der Waals surface area contributed by atoms with Gasteiger partial charge in [0.25, 0.3) is 5.91 Å².